The Balaban J connectivity index is 0.708. The van der Waals surface area contributed by atoms with Crippen LogP contribution in [0.25, 0.3) is 0 Å². The number of aromatic nitrogens is 2. The molecule has 1 aliphatic heterocycles. The Kier molecular flexibility index (Phi) is 13.8. The number of hydrogen-bond donors (Lipinski definition) is 2. The summed E-state index contributed by atoms with van der Waals surface area (Å²) in [6.07, 6.45) is 21.5. The molecular formula is C50H59ClN6O5. The lowest BCUT2D eigenvalue weighted by Gasteiger charge is -2.36. The number of nitrogens with zero attached hydrogens (tertiary/aromatic N) is 4. The molecule has 3 fully saturated rings. The summed E-state index contributed by atoms with van der Waals surface area (Å²) >= 11 is 6.27. The molecule has 2 N–H and O–H groups in total. The molecule has 3 atom stereocenters. The first-order chi connectivity index (χ1) is 30.0. The van der Waals surface area contributed by atoms with E-state index in [2.05, 4.69) is 38.6 Å². The molecule has 8 rings (SSSR count). The Morgan fingerprint density at radius 1 is 0.806 bits per heavy atom. The van der Waals surface area contributed by atoms with Crippen molar-refractivity contribution in [3.8, 4) is 6.07 Å². The van der Waals surface area contributed by atoms with Crippen LogP contribution in [0.3, 0.4) is 0 Å². The number of nitrogens with one attached hydrogen (secondary N) is 2. The fourth-order valence-electron chi connectivity index (χ4n) is 11.0. The molecule has 12 heteroatoms. The number of anilines is 1. The second-order valence-electron chi connectivity index (χ2n) is 19.0. The largest absolute Gasteiger partial charge is 0.372 e. The molecule has 1 aromatic heterocycles. The normalized spacial score (nSPS) is 26.0. The molecule has 0 spiro atoms. The maximum Gasteiger partial charge on any atom is 0.254 e. The number of nitriles is 1. The fraction of sp³-hybridized carbons (Fsp3) is 0.560. The average Bonchev–Trinajstić information content (AvgIpc) is 3.69. The van der Waals surface area contributed by atoms with Crippen molar-refractivity contribution in [1.82, 2.24) is 20.6 Å². The number of ketones is 2. The molecule has 2 aromatic carbocycles. The van der Waals surface area contributed by atoms with E-state index in [1.54, 1.807) is 18.5 Å². The van der Waals surface area contributed by atoms with Gasteiger partial charge in [0.25, 0.3) is 5.91 Å². The zero-order valence-electron chi connectivity index (χ0n) is 35.9. The second kappa shape index (κ2) is 19.6. The van der Waals surface area contributed by atoms with Gasteiger partial charge < -0.3 is 10.2 Å². The van der Waals surface area contributed by atoms with Gasteiger partial charge in [0.05, 0.1) is 16.1 Å². The van der Waals surface area contributed by atoms with Crippen molar-refractivity contribution in [2.45, 2.75) is 141 Å². The van der Waals surface area contributed by atoms with Crippen LogP contribution < -0.4 is 15.5 Å². The van der Waals surface area contributed by atoms with Gasteiger partial charge in [0, 0.05) is 79.4 Å². The van der Waals surface area contributed by atoms with Gasteiger partial charge in [0.1, 0.15) is 11.9 Å². The van der Waals surface area contributed by atoms with E-state index in [0.717, 1.165) is 74.7 Å². The highest BCUT2D eigenvalue weighted by Gasteiger charge is 2.37. The van der Waals surface area contributed by atoms with Gasteiger partial charge in [0.15, 0.2) is 11.6 Å². The molecule has 2 heterocycles. The Bertz CT molecular complexity index is 2220. The molecule has 3 aromatic rings. The van der Waals surface area contributed by atoms with E-state index in [1.165, 1.54) is 56.1 Å². The topological polar surface area (TPSA) is 162 Å². The van der Waals surface area contributed by atoms with E-state index in [0.29, 0.717) is 64.9 Å². The molecule has 0 radical (unpaired) electrons. The minimum atomic E-state index is -0.397. The van der Waals surface area contributed by atoms with E-state index in [9.17, 15) is 29.2 Å². The number of hydrogen-bond acceptors (Lipinski definition) is 9. The zero-order chi connectivity index (χ0) is 43.3. The first-order valence-electron chi connectivity index (χ1n) is 23.1. The summed E-state index contributed by atoms with van der Waals surface area (Å²) in [4.78, 5) is 74.9. The van der Waals surface area contributed by atoms with E-state index < -0.39 is 5.92 Å². The highest BCUT2D eigenvalue weighted by Crippen LogP contribution is 2.40. The number of piperidine rings is 1. The number of rotatable bonds is 14. The molecule has 4 aliphatic carbocycles. The van der Waals surface area contributed by atoms with Gasteiger partial charge in [-0.15, -0.1) is 0 Å². The van der Waals surface area contributed by atoms with Crippen LogP contribution in [0.2, 0.25) is 5.02 Å². The molecular weight excluding hydrogens is 800 g/mol. The lowest BCUT2D eigenvalue weighted by atomic mass is 9.77. The highest BCUT2D eigenvalue weighted by molar-refractivity contribution is 6.32. The van der Waals surface area contributed by atoms with Crippen LogP contribution in [0.15, 0.2) is 42.7 Å². The smallest absolute Gasteiger partial charge is 0.254 e. The average molecular weight is 860 g/mol. The number of carbonyl (C=O) groups is 5. The third-order valence-corrected chi connectivity index (χ3v) is 15.2. The Morgan fingerprint density at radius 3 is 2.15 bits per heavy atom. The molecule has 326 valence electrons. The van der Waals surface area contributed by atoms with Crippen molar-refractivity contribution >= 4 is 46.6 Å². The summed E-state index contributed by atoms with van der Waals surface area (Å²) in [6, 6.07) is 12.1. The van der Waals surface area contributed by atoms with Gasteiger partial charge in [-0.2, -0.15) is 5.26 Å². The number of aryl methyl sites for hydroxylation is 1. The zero-order valence-corrected chi connectivity index (χ0v) is 36.7. The number of imide groups is 1. The number of halogens is 1. The van der Waals surface area contributed by atoms with Gasteiger partial charge in [-0.05, 0) is 130 Å². The van der Waals surface area contributed by atoms with Crippen LogP contribution in [0, 0.1) is 40.9 Å². The van der Waals surface area contributed by atoms with Gasteiger partial charge >= 0.3 is 0 Å². The summed E-state index contributed by atoms with van der Waals surface area (Å²) in [5, 5.41) is 15.2. The van der Waals surface area contributed by atoms with Gasteiger partial charge in [-0.25, -0.2) is 9.97 Å². The SMILES string of the molecule is CN(c1ccc(C#N)c(Cl)c1)C1CCC(NC(=O)c2cnc(CCCC3CCC(CCC4Cc5cc6c(cc5C4)C(=O)C(CCC4CCC(=O)NC4=O)CC6=O)CC3)nc2)CC1. The maximum atomic E-state index is 13.6. The van der Waals surface area contributed by atoms with Crippen molar-refractivity contribution in [2.24, 2.45) is 29.6 Å². The van der Waals surface area contributed by atoms with Crippen LogP contribution in [0.1, 0.15) is 163 Å². The summed E-state index contributed by atoms with van der Waals surface area (Å²) in [5.74, 6) is 1.60. The third-order valence-electron chi connectivity index (χ3n) is 14.9. The van der Waals surface area contributed by atoms with Crippen molar-refractivity contribution < 1.29 is 24.0 Å². The Hall–Kier alpha value is -4.95. The van der Waals surface area contributed by atoms with Gasteiger partial charge in [0.2, 0.25) is 11.8 Å². The van der Waals surface area contributed by atoms with Crippen molar-refractivity contribution in [3.05, 3.63) is 87.0 Å². The second-order valence-corrected chi connectivity index (χ2v) is 19.4. The Labute approximate surface area is 370 Å². The van der Waals surface area contributed by atoms with E-state index in [4.69, 9.17) is 11.6 Å². The summed E-state index contributed by atoms with van der Waals surface area (Å²) in [6.45, 7) is 0. The van der Waals surface area contributed by atoms with E-state index in [-0.39, 0.29) is 47.7 Å². The third kappa shape index (κ3) is 10.3. The lowest BCUT2D eigenvalue weighted by Crippen LogP contribution is -2.43. The molecule has 3 unspecified atom stereocenters. The number of fused-ring (bicyclic) bond motifs is 2. The highest BCUT2D eigenvalue weighted by atomic mass is 35.5. The number of Topliss-reactive ketones (excluding diaryl/α,β-unsaturated/α-hetero) is 2. The predicted molar refractivity (Wildman–Crippen MR) is 237 cm³/mol. The van der Waals surface area contributed by atoms with Gasteiger partial charge in [-0.1, -0.05) is 50.1 Å². The monoisotopic (exact) mass is 858 g/mol. The van der Waals surface area contributed by atoms with Crippen LogP contribution >= 0.6 is 11.6 Å². The van der Waals surface area contributed by atoms with Crippen molar-refractivity contribution in [2.75, 3.05) is 11.9 Å². The van der Waals surface area contributed by atoms with Crippen LogP contribution in [-0.2, 0) is 28.9 Å². The molecule has 1 saturated heterocycles. The van der Waals surface area contributed by atoms with Crippen LogP contribution in [-0.4, -0.2) is 58.4 Å². The fourth-order valence-corrected chi connectivity index (χ4v) is 11.2. The number of amides is 3. The quantitative estimate of drug-likeness (QED) is 0.151. The molecule has 5 aliphatic rings. The first-order valence-corrected chi connectivity index (χ1v) is 23.5. The minimum Gasteiger partial charge on any atom is -0.372 e. The van der Waals surface area contributed by atoms with Crippen molar-refractivity contribution in [3.63, 3.8) is 0 Å². The molecule has 2 saturated carbocycles. The maximum absolute atomic E-state index is 13.6. The summed E-state index contributed by atoms with van der Waals surface area (Å²) in [5.41, 5.74) is 5.57. The molecule has 0 bridgehead atoms. The predicted octanol–water partition coefficient (Wildman–Crippen LogP) is 8.72. The van der Waals surface area contributed by atoms with Crippen LogP contribution in [0.5, 0.6) is 0 Å². The van der Waals surface area contributed by atoms with E-state index >= 15 is 0 Å². The lowest BCUT2D eigenvalue weighted by molar-refractivity contribution is -0.136. The van der Waals surface area contributed by atoms with E-state index in [1.807, 2.05) is 24.3 Å². The first kappa shape index (κ1) is 43.7. The standard InChI is InChI=1S/C50H59ClN6O5/c1-57(41-17-13-35(27-52)44(51)26-41)40-18-15-39(16-19-40)55-50(62)38-28-53-46(54-29-38)4-2-3-30-5-7-31(8-6-30)9-10-32-21-36-23-42-43(24-37(36)22-32)48(60)34(25-45(42)58)12-11-33-14-20-47(59)56-49(33)61/h13,17,23-24,26,28-34,39-40H,2-12,14-16,18-22,25H2,1H3,(H,55,62)(H,56,59,61). The summed E-state index contributed by atoms with van der Waals surface area (Å²) < 4.78 is 0. The molecule has 62 heavy (non-hydrogen) atoms. The minimum absolute atomic E-state index is 0.0314. The number of carbonyl (C=O) groups excluding carboxylic acids is 5. The molecule has 11 nitrogen and oxygen atoms in total. The summed E-state index contributed by atoms with van der Waals surface area (Å²) in [7, 11) is 2.06. The molecule has 3 amide bonds. The Morgan fingerprint density at radius 2 is 1.47 bits per heavy atom. The van der Waals surface area contributed by atoms with Crippen molar-refractivity contribution in [1.29, 1.82) is 5.26 Å². The number of benzene rings is 2. The van der Waals surface area contributed by atoms with Gasteiger partial charge in [-0.3, -0.25) is 29.3 Å². The van der Waals surface area contributed by atoms with Crippen LogP contribution in [0.4, 0.5) is 5.69 Å².